The van der Waals surface area contributed by atoms with E-state index >= 15 is 0 Å². The van der Waals surface area contributed by atoms with Gasteiger partial charge >= 0.3 is 5.97 Å². The number of aliphatic hydroxyl groups is 1. The van der Waals surface area contributed by atoms with E-state index in [2.05, 4.69) is 0 Å². The van der Waals surface area contributed by atoms with Gasteiger partial charge in [0.15, 0.2) is 0 Å². The quantitative estimate of drug-likeness (QED) is 0.532. The molecule has 1 aliphatic carbocycles. The van der Waals surface area contributed by atoms with Crippen LogP contribution >= 0.6 is 0 Å². The summed E-state index contributed by atoms with van der Waals surface area (Å²) >= 11 is 0. The van der Waals surface area contributed by atoms with E-state index in [0.29, 0.717) is 24.4 Å². The summed E-state index contributed by atoms with van der Waals surface area (Å²) in [7, 11) is 1.37. The van der Waals surface area contributed by atoms with Crippen LogP contribution in [-0.4, -0.2) is 47.7 Å². The van der Waals surface area contributed by atoms with Crippen molar-refractivity contribution in [1.29, 1.82) is 0 Å². The molecule has 1 saturated heterocycles. The molecular weight excluding hydrogens is 366 g/mol. The van der Waals surface area contributed by atoms with Crippen molar-refractivity contribution in [3.8, 4) is 0 Å². The van der Waals surface area contributed by atoms with Gasteiger partial charge in [0.25, 0.3) is 0 Å². The molecule has 5 heteroatoms. The lowest BCUT2D eigenvalue weighted by Crippen LogP contribution is -2.33. The molecule has 1 heterocycles. The van der Waals surface area contributed by atoms with Gasteiger partial charge in [-0.25, -0.2) is 4.79 Å². The second kappa shape index (κ2) is 10.6. The Hall–Kier alpha value is -2.14. The Balaban J connectivity index is 1.51. The molecule has 0 unspecified atom stereocenters. The molecule has 0 spiro atoms. The van der Waals surface area contributed by atoms with Crippen LogP contribution in [0.5, 0.6) is 0 Å². The molecule has 2 atom stereocenters. The zero-order valence-electron chi connectivity index (χ0n) is 17.4. The molecule has 0 aromatic heterocycles. The second-order valence-electron chi connectivity index (χ2n) is 8.32. The third-order valence-corrected chi connectivity index (χ3v) is 6.25. The van der Waals surface area contributed by atoms with Gasteiger partial charge in [-0.2, -0.15) is 0 Å². The number of likely N-dealkylation sites (tertiary alicyclic amines) is 1. The highest BCUT2D eigenvalue weighted by Crippen LogP contribution is 2.28. The summed E-state index contributed by atoms with van der Waals surface area (Å²) in [6.45, 7) is 0.643. The Morgan fingerprint density at radius 3 is 2.62 bits per heavy atom. The largest absolute Gasteiger partial charge is 0.465 e. The maximum Gasteiger partial charge on any atom is 0.337 e. The molecular formula is C24H33NO4. The summed E-state index contributed by atoms with van der Waals surface area (Å²) in [5.74, 6) is 0.466. The van der Waals surface area contributed by atoms with Gasteiger partial charge in [-0.05, 0) is 42.9 Å². The first-order chi connectivity index (χ1) is 14.1. The number of hydrogen-bond donors (Lipinski definition) is 1. The summed E-state index contributed by atoms with van der Waals surface area (Å²) in [5, 5.41) is 10.4. The number of amides is 1. The number of methoxy groups -OCH3 is 1. The summed E-state index contributed by atoms with van der Waals surface area (Å²) in [4.78, 5) is 25.8. The highest BCUT2D eigenvalue weighted by atomic mass is 16.5. The van der Waals surface area contributed by atoms with Crippen molar-refractivity contribution >= 4 is 11.9 Å². The molecule has 1 aromatic rings. The number of aliphatic hydroxyl groups excluding tert-OH is 1. The predicted molar refractivity (Wildman–Crippen MR) is 113 cm³/mol. The van der Waals surface area contributed by atoms with Crippen LogP contribution < -0.4 is 0 Å². The Morgan fingerprint density at radius 2 is 1.93 bits per heavy atom. The lowest BCUT2D eigenvalue weighted by Gasteiger charge is -2.24. The lowest BCUT2D eigenvalue weighted by molar-refractivity contribution is -0.128. The molecule has 1 aromatic carbocycles. The van der Waals surface area contributed by atoms with Gasteiger partial charge in [0, 0.05) is 13.0 Å². The van der Waals surface area contributed by atoms with E-state index in [9.17, 15) is 14.7 Å². The average molecular weight is 400 g/mol. The van der Waals surface area contributed by atoms with E-state index in [0.717, 1.165) is 24.8 Å². The summed E-state index contributed by atoms with van der Waals surface area (Å²) in [6.07, 6.45) is 12.8. The van der Waals surface area contributed by atoms with Gasteiger partial charge in [0.2, 0.25) is 5.91 Å². The van der Waals surface area contributed by atoms with E-state index in [4.69, 9.17) is 4.74 Å². The van der Waals surface area contributed by atoms with E-state index in [1.165, 1.54) is 39.2 Å². The summed E-state index contributed by atoms with van der Waals surface area (Å²) < 4.78 is 4.72. The zero-order chi connectivity index (χ0) is 20.6. The Morgan fingerprint density at radius 1 is 1.21 bits per heavy atom. The van der Waals surface area contributed by atoms with Crippen LogP contribution in [0.25, 0.3) is 0 Å². The molecule has 158 valence electrons. The minimum atomic E-state index is -0.415. The number of rotatable bonds is 8. The number of esters is 1. The van der Waals surface area contributed by atoms with Crippen LogP contribution in [0.3, 0.4) is 0 Å². The lowest BCUT2D eigenvalue weighted by atomic mass is 9.85. The normalized spacial score (nSPS) is 21.7. The van der Waals surface area contributed by atoms with E-state index in [1.54, 1.807) is 12.1 Å². The number of nitrogens with zero attached hydrogens (tertiary/aromatic N) is 1. The Labute approximate surface area is 173 Å². The molecule has 0 bridgehead atoms. The van der Waals surface area contributed by atoms with Crippen LogP contribution in [0.15, 0.2) is 36.4 Å². The molecule has 5 nitrogen and oxygen atoms in total. The van der Waals surface area contributed by atoms with Gasteiger partial charge in [-0.3, -0.25) is 4.79 Å². The van der Waals surface area contributed by atoms with Crippen molar-refractivity contribution in [2.24, 2.45) is 5.92 Å². The number of benzene rings is 1. The fourth-order valence-electron chi connectivity index (χ4n) is 4.52. The van der Waals surface area contributed by atoms with Gasteiger partial charge < -0.3 is 14.7 Å². The molecule has 2 aliphatic rings. The first kappa shape index (κ1) is 21.6. The first-order valence-electron chi connectivity index (χ1n) is 10.9. The molecule has 1 aliphatic heterocycles. The maximum absolute atomic E-state index is 12.3. The molecule has 0 radical (unpaired) electrons. The van der Waals surface area contributed by atoms with Crippen molar-refractivity contribution < 1.29 is 19.4 Å². The SMILES string of the molecule is COC(=O)c1ccc(CCN2C(=O)CC[C@@H]2/C=C/[C@@H](O)CC2CCCCC2)cc1. The number of carbonyl (C=O) groups is 2. The standard InChI is InChI=1S/C24H33NO4/c1-29-24(28)20-9-7-18(8-10-20)15-16-25-21(12-14-23(25)27)11-13-22(26)17-19-5-3-2-4-6-19/h7-11,13,19,21-22,26H,2-6,12,14-17H2,1H3/b13-11+/t21-,22+/m0/s1. The predicted octanol–water partition coefficient (Wildman–Crippen LogP) is 3.89. The molecule has 1 saturated carbocycles. The second-order valence-corrected chi connectivity index (χ2v) is 8.32. The van der Waals surface area contributed by atoms with E-state index in [1.807, 2.05) is 29.2 Å². The van der Waals surface area contributed by atoms with Crippen LogP contribution in [0, 0.1) is 5.92 Å². The minimum Gasteiger partial charge on any atom is -0.465 e. The highest BCUT2D eigenvalue weighted by molar-refractivity contribution is 5.89. The van der Waals surface area contributed by atoms with Crippen LogP contribution in [0.2, 0.25) is 0 Å². The van der Waals surface area contributed by atoms with Crippen molar-refractivity contribution in [2.45, 2.75) is 69.9 Å². The van der Waals surface area contributed by atoms with Gasteiger partial charge in [-0.1, -0.05) is 56.4 Å². The molecule has 2 fully saturated rings. The number of hydrogen-bond acceptors (Lipinski definition) is 4. The van der Waals surface area contributed by atoms with Crippen molar-refractivity contribution in [3.05, 3.63) is 47.5 Å². The van der Waals surface area contributed by atoms with Crippen molar-refractivity contribution in [1.82, 2.24) is 4.90 Å². The fraction of sp³-hybridized carbons (Fsp3) is 0.583. The smallest absolute Gasteiger partial charge is 0.337 e. The Bertz CT molecular complexity index is 706. The molecule has 1 N–H and O–H groups in total. The van der Waals surface area contributed by atoms with Gasteiger partial charge in [0.05, 0.1) is 24.8 Å². The van der Waals surface area contributed by atoms with Crippen LogP contribution in [0.4, 0.5) is 0 Å². The Kier molecular flexibility index (Phi) is 7.87. The molecule has 1 amide bonds. The topological polar surface area (TPSA) is 66.8 Å². The minimum absolute atomic E-state index is 0.0675. The molecule has 29 heavy (non-hydrogen) atoms. The number of ether oxygens (including phenoxy) is 1. The highest BCUT2D eigenvalue weighted by Gasteiger charge is 2.28. The summed E-state index contributed by atoms with van der Waals surface area (Å²) in [5.41, 5.74) is 1.61. The first-order valence-corrected chi connectivity index (χ1v) is 10.9. The van der Waals surface area contributed by atoms with Crippen molar-refractivity contribution in [3.63, 3.8) is 0 Å². The van der Waals surface area contributed by atoms with Crippen molar-refractivity contribution in [2.75, 3.05) is 13.7 Å². The average Bonchev–Trinajstić information content (AvgIpc) is 3.10. The van der Waals surface area contributed by atoms with Crippen LogP contribution in [0.1, 0.15) is 67.3 Å². The van der Waals surface area contributed by atoms with E-state index < -0.39 is 6.10 Å². The van der Waals surface area contributed by atoms with Gasteiger partial charge in [0.1, 0.15) is 0 Å². The third-order valence-electron chi connectivity index (χ3n) is 6.25. The monoisotopic (exact) mass is 399 g/mol. The summed E-state index contributed by atoms with van der Waals surface area (Å²) in [6, 6.07) is 7.40. The maximum atomic E-state index is 12.3. The van der Waals surface area contributed by atoms with Crippen LogP contribution in [-0.2, 0) is 16.0 Å². The zero-order valence-corrected chi connectivity index (χ0v) is 17.4. The molecule has 3 rings (SSSR count). The number of carbonyl (C=O) groups excluding carboxylic acids is 2. The third kappa shape index (κ3) is 6.17. The van der Waals surface area contributed by atoms with E-state index in [-0.39, 0.29) is 17.9 Å². The van der Waals surface area contributed by atoms with Gasteiger partial charge in [-0.15, -0.1) is 0 Å². The fourth-order valence-corrected chi connectivity index (χ4v) is 4.52.